The summed E-state index contributed by atoms with van der Waals surface area (Å²) in [7, 11) is 0. The fraction of sp³-hybridized carbons (Fsp3) is 0.500. The van der Waals surface area contributed by atoms with Crippen LogP contribution in [0.5, 0.6) is 0 Å². The first-order chi connectivity index (χ1) is 11.9. The highest BCUT2D eigenvalue weighted by Gasteiger charge is 2.37. The molecule has 134 valence electrons. The van der Waals surface area contributed by atoms with Crippen LogP contribution in [0.3, 0.4) is 0 Å². The first-order valence-electron chi connectivity index (χ1n) is 8.18. The number of hydrogen-bond donors (Lipinski definition) is 2. The lowest BCUT2D eigenvalue weighted by Gasteiger charge is -2.27. The molecule has 0 aromatic heterocycles. The molecule has 1 aliphatic heterocycles. The van der Waals surface area contributed by atoms with Gasteiger partial charge in [-0.3, -0.25) is 19.7 Å². The van der Waals surface area contributed by atoms with E-state index in [2.05, 4.69) is 5.32 Å². The molecule has 0 spiro atoms. The van der Waals surface area contributed by atoms with E-state index in [1.165, 1.54) is 17.0 Å². The third-order valence-corrected chi connectivity index (χ3v) is 4.65. The fourth-order valence-electron chi connectivity index (χ4n) is 3.24. The summed E-state index contributed by atoms with van der Waals surface area (Å²) in [5.41, 5.74) is 5.42. The predicted molar refractivity (Wildman–Crippen MR) is 90.3 cm³/mol. The molecule has 1 aliphatic carbocycles. The first kappa shape index (κ1) is 17.3. The van der Waals surface area contributed by atoms with Crippen molar-refractivity contribution in [3.8, 4) is 0 Å². The average molecular weight is 348 g/mol. The predicted octanol–water partition coefficient (Wildman–Crippen LogP) is 1.17. The highest BCUT2D eigenvalue weighted by Crippen LogP contribution is 2.33. The van der Waals surface area contributed by atoms with Crippen molar-refractivity contribution in [1.29, 1.82) is 0 Å². The van der Waals surface area contributed by atoms with E-state index in [1.54, 1.807) is 6.07 Å². The maximum Gasteiger partial charge on any atom is 0.295 e. The van der Waals surface area contributed by atoms with Gasteiger partial charge in [-0.2, -0.15) is 0 Å². The number of benzene rings is 1. The van der Waals surface area contributed by atoms with Gasteiger partial charge in [0.2, 0.25) is 5.91 Å². The molecule has 1 heterocycles. The van der Waals surface area contributed by atoms with E-state index in [9.17, 15) is 19.7 Å². The van der Waals surface area contributed by atoms with Gasteiger partial charge in [-0.1, -0.05) is 12.8 Å². The number of carbonyl (C=O) groups excluding carboxylic acids is 2. The second-order valence-electron chi connectivity index (χ2n) is 6.38. The number of nitrogens with one attached hydrogen (secondary N) is 1. The van der Waals surface area contributed by atoms with Crippen LogP contribution in [0.4, 0.5) is 17.1 Å². The zero-order valence-corrected chi connectivity index (χ0v) is 13.7. The third kappa shape index (κ3) is 3.47. The largest absolute Gasteiger partial charge is 0.370 e. The summed E-state index contributed by atoms with van der Waals surface area (Å²) in [6.07, 6.45) is 2.98. The Morgan fingerprint density at radius 2 is 2.08 bits per heavy atom. The highest BCUT2D eigenvalue weighted by atomic mass is 16.6. The van der Waals surface area contributed by atoms with Crippen LogP contribution in [0, 0.1) is 10.1 Å². The summed E-state index contributed by atoms with van der Waals surface area (Å²) < 4.78 is 5.05. The van der Waals surface area contributed by atoms with Crippen LogP contribution in [0.25, 0.3) is 0 Å². The SMILES string of the molecule is NC1(C(=O)Nc2ccc(N3CCOCC3=O)c([N+](=O)[O-])c2)CCCC1. The van der Waals surface area contributed by atoms with Gasteiger partial charge < -0.3 is 20.7 Å². The van der Waals surface area contributed by atoms with Crippen molar-refractivity contribution < 1.29 is 19.2 Å². The standard InChI is InChI=1S/C16H20N4O5/c17-16(5-1-2-6-16)15(22)18-11-3-4-12(13(9-11)20(23)24)19-7-8-25-10-14(19)21/h3-4,9H,1-2,5-8,10,17H2,(H,18,22). The Labute approximate surface area is 144 Å². The lowest BCUT2D eigenvalue weighted by molar-refractivity contribution is -0.384. The second-order valence-corrected chi connectivity index (χ2v) is 6.38. The monoisotopic (exact) mass is 348 g/mol. The fourth-order valence-corrected chi connectivity index (χ4v) is 3.24. The van der Waals surface area contributed by atoms with Crippen molar-refractivity contribution in [2.75, 3.05) is 30.0 Å². The zero-order valence-electron chi connectivity index (χ0n) is 13.7. The topological polar surface area (TPSA) is 128 Å². The quantitative estimate of drug-likeness (QED) is 0.621. The number of nitrogens with zero attached hydrogens (tertiary/aromatic N) is 2. The van der Waals surface area contributed by atoms with Crippen LogP contribution in [0.1, 0.15) is 25.7 Å². The highest BCUT2D eigenvalue weighted by molar-refractivity contribution is 6.00. The molecule has 1 saturated carbocycles. The number of nitrogens with two attached hydrogens (primary N) is 1. The van der Waals surface area contributed by atoms with E-state index in [0.717, 1.165) is 12.8 Å². The average Bonchev–Trinajstić information content (AvgIpc) is 3.03. The van der Waals surface area contributed by atoms with Gasteiger partial charge in [-0.15, -0.1) is 0 Å². The number of anilines is 2. The number of ether oxygens (including phenoxy) is 1. The van der Waals surface area contributed by atoms with Crippen molar-refractivity contribution in [3.63, 3.8) is 0 Å². The Morgan fingerprint density at radius 1 is 1.36 bits per heavy atom. The lowest BCUT2D eigenvalue weighted by atomic mass is 9.98. The van der Waals surface area contributed by atoms with Crippen LogP contribution in [0.15, 0.2) is 18.2 Å². The molecule has 0 radical (unpaired) electrons. The zero-order chi connectivity index (χ0) is 18.0. The Morgan fingerprint density at radius 3 is 2.72 bits per heavy atom. The van der Waals surface area contributed by atoms with Crippen molar-refractivity contribution in [3.05, 3.63) is 28.3 Å². The van der Waals surface area contributed by atoms with Crippen LogP contribution in [0.2, 0.25) is 0 Å². The molecule has 0 atom stereocenters. The van der Waals surface area contributed by atoms with Crippen LogP contribution in [-0.2, 0) is 14.3 Å². The summed E-state index contributed by atoms with van der Waals surface area (Å²) in [6.45, 7) is 0.458. The van der Waals surface area contributed by atoms with Crippen LogP contribution < -0.4 is 16.0 Å². The van der Waals surface area contributed by atoms with Gasteiger partial charge in [0.25, 0.3) is 11.6 Å². The number of rotatable bonds is 4. The minimum atomic E-state index is -0.923. The van der Waals surface area contributed by atoms with Gasteiger partial charge in [0.15, 0.2) is 0 Å². The van der Waals surface area contributed by atoms with Crippen molar-refractivity contribution >= 4 is 28.9 Å². The van der Waals surface area contributed by atoms with Crippen LogP contribution in [-0.4, -0.2) is 42.0 Å². The Balaban J connectivity index is 1.85. The summed E-state index contributed by atoms with van der Waals surface area (Å²) >= 11 is 0. The molecule has 2 fully saturated rings. The Kier molecular flexibility index (Phi) is 4.69. The van der Waals surface area contributed by atoms with E-state index in [0.29, 0.717) is 19.4 Å². The number of nitro groups is 1. The lowest BCUT2D eigenvalue weighted by Crippen LogP contribution is -2.48. The number of morpholine rings is 1. The van der Waals surface area contributed by atoms with Crippen LogP contribution >= 0.6 is 0 Å². The summed E-state index contributed by atoms with van der Waals surface area (Å²) in [6, 6.07) is 4.27. The van der Waals surface area contributed by atoms with Crippen molar-refractivity contribution in [1.82, 2.24) is 0 Å². The molecule has 2 amide bonds. The molecule has 25 heavy (non-hydrogen) atoms. The van der Waals surface area contributed by atoms with E-state index >= 15 is 0 Å². The molecule has 1 saturated heterocycles. The van der Waals surface area contributed by atoms with E-state index in [-0.39, 0.29) is 42.0 Å². The van der Waals surface area contributed by atoms with Gasteiger partial charge >= 0.3 is 0 Å². The maximum atomic E-state index is 12.4. The second kappa shape index (κ2) is 6.77. The van der Waals surface area contributed by atoms with E-state index in [1.807, 2.05) is 0 Å². The molecule has 1 aromatic rings. The minimum absolute atomic E-state index is 0.106. The third-order valence-electron chi connectivity index (χ3n) is 4.65. The smallest absolute Gasteiger partial charge is 0.295 e. The number of nitro benzene ring substituents is 1. The molecular weight excluding hydrogens is 328 g/mol. The molecular formula is C16H20N4O5. The van der Waals surface area contributed by atoms with Gasteiger partial charge in [0.05, 0.1) is 17.1 Å². The number of carbonyl (C=O) groups is 2. The molecule has 1 aromatic carbocycles. The summed E-state index contributed by atoms with van der Waals surface area (Å²) in [5.74, 6) is -0.674. The summed E-state index contributed by atoms with van der Waals surface area (Å²) in [5, 5.41) is 14.1. The molecule has 9 heteroatoms. The maximum absolute atomic E-state index is 12.4. The number of hydrogen-bond acceptors (Lipinski definition) is 6. The first-order valence-corrected chi connectivity index (χ1v) is 8.18. The molecule has 3 N–H and O–H groups in total. The van der Waals surface area contributed by atoms with E-state index in [4.69, 9.17) is 10.5 Å². The molecule has 9 nitrogen and oxygen atoms in total. The summed E-state index contributed by atoms with van der Waals surface area (Å²) in [4.78, 5) is 36.5. The number of amides is 2. The minimum Gasteiger partial charge on any atom is -0.370 e. The van der Waals surface area contributed by atoms with Crippen molar-refractivity contribution in [2.45, 2.75) is 31.2 Å². The molecule has 0 unspecified atom stereocenters. The normalized spacial score (nSPS) is 19.7. The van der Waals surface area contributed by atoms with Gasteiger partial charge in [0, 0.05) is 18.3 Å². The molecule has 2 aliphatic rings. The Hall–Kier alpha value is -2.52. The molecule has 0 bridgehead atoms. The van der Waals surface area contributed by atoms with E-state index < -0.39 is 10.5 Å². The Bertz CT molecular complexity index is 714. The molecule has 3 rings (SSSR count). The van der Waals surface area contributed by atoms with Gasteiger partial charge in [-0.25, -0.2) is 0 Å². The van der Waals surface area contributed by atoms with Gasteiger partial charge in [0.1, 0.15) is 12.3 Å². The van der Waals surface area contributed by atoms with Gasteiger partial charge in [-0.05, 0) is 25.0 Å². The van der Waals surface area contributed by atoms with Crippen molar-refractivity contribution in [2.24, 2.45) is 5.73 Å².